The van der Waals surface area contributed by atoms with Gasteiger partial charge in [-0.3, -0.25) is 19.8 Å². The maximum absolute atomic E-state index is 13.3. The smallest absolute Gasteiger partial charge is 0.270 e. The fraction of sp³-hybridized carbons (Fsp3) is 0.143. The van der Waals surface area contributed by atoms with Crippen molar-refractivity contribution in [3.8, 4) is 11.5 Å². The molecular formula is C21H17N3O4. The molecule has 2 aliphatic rings. The summed E-state index contributed by atoms with van der Waals surface area (Å²) in [6.45, 7) is 0. The zero-order valence-electron chi connectivity index (χ0n) is 15.3. The van der Waals surface area contributed by atoms with Crippen molar-refractivity contribution in [1.82, 2.24) is 10.2 Å². The molecule has 0 amide bonds. The van der Waals surface area contributed by atoms with Crippen LogP contribution in [0.5, 0.6) is 11.5 Å². The van der Waals surface area contributed by atoms with E-state index in [-0.39, 0.29) is 11.3 Å². The van der Waals surface area contributed by atoms with Crippen LogP contribution < -0.4 is 20.3 Å². The molecule has 1 aliphatic heterocycles. The van der Waals surface area contributed by atoms with Crippen LogP contribution >= 0.6 is 0 Å². The molecule has 3 N–H and O–H groups in total. The molecule has 1 aromatic heterocycles. The van der Waals surface area contributed by atoms with Gasteiger partial charge >= 0.3 is 0 Å². The number of allylic oxidation sites excluding steroid dienone is 1. The predicted molar refractivity (Wildman–Crippen MR) is 104 cm³/mol. The highest BCUT2D eigenvalue weighted by Crippen LogP contribution is 2.50. The maximum atomic E-state index is 13.3. The molecule has 1 unspecified atom stereocenters. The minimum absolute atomic E-state index is 0.0979. The van der Waals surface area contributed by atoms with Crippen molar-refractivity contribution in [2.24, 2.45) is 0 Å². The van der Waals surface area contributed by atoms with Gasteiger partial charge in [-0.1, -0.05) is 36.4 Å². The number of hydrogen-bond acceptors (Lipinski definition) is 5. The second-order valence-corrected chi connectivity index (χ2v) is 6.67. The largest absolute Gasteiger partial charge is 0.493 e. The molecule has 0 spiro atoms. The summed E-state index contributed by atoms with van der Waals surface area (Å²) >= 11 is 0. The number of benzene rings is 2. The molecule has 7 nitrogen and oxygen atoms in total. The van der Waals surface area contributed by atoms with Crippen LogP contribution in [-0.4, -0.2) is 30.2 Å². The van der Waals surface area contributed by atoms with Gasteiger partial charge in [0.15, 0.2) is 17.3 Å². The Balaban J connectivity index is 1.83. The van der Waals surface area contributed by atoms with Gasteiger partial charge in [-0.2, -0.15) is 0 Å². The summed E-state index contributed by atoms with van der Waals surface area (Å²) in [7, 11) is 3.10. The fourth-order valence-corrected chi connectivity index (χ4v) is 4.17. The van der Waals surface area contributed by atoms with Gasteiger partial charge in [-0.05, 0) is 6.07 Å². The van der Waals surface area contributed by atoms with E-state index in [0.717, 1.165) is 5.56 Å². The molecule has 140 valence electrons. The lowest BCUT2D eigenvalue weighted by Crippen LogP contribution is -2.23. The van der Waals surface area contributed by atoms with E-state index in [1.165, 1.54) is 0 Å². The lowest BCUT2D eigenvalue weighted by molar-refractivity contribution is 0.103. The molecule has 3 aromatic rings. The van der Waals surface area contributed by atoms with E-state index in [2.05, 4.69) is 15.5 Å². The minimum Gasteiger partial charge on any atom is -0.493 e. The molecule has 1 atom stereocenters. The van der Waals surface area contributed by atoms with E-state index in [1.54, 1.807) is 26.4 Å². The number of fused-ring (bicyclic) bond motifs is 3. The van der Waals surface area contributed by atoms with Crippen molar-refractivity contribution < 1.29 is 14.3 Å². The van der Waals surface area contributed by atoms with Gasteiger partial charge in [0.05, 0.1) is 31.4 Å². The zero-order valence-corrected chi connectivity index (χ0v) is 15.3. The number of Topliss-reactive ketones (excluding diaryl/α,β-unsaturated/α-hetero) is 1. The van der Waals surface area contributed by atoms with Crippen LogP contribution in [0.2, 0.25) is 0 Å². The number of anilines is 1. The number of carbonyl (C=O) groups is 1. The Labute approximate surface area is 160 Å². The third-order valence-electron chi connectivity index (χ3n) is 5.34. The Hall–Kier alpha value is -3.74. The Morgan fingerprint density at radius 2 is 1.68 bits per heavy atom. The van der Waals surface area contributed by atoms with Gasteiger partial charge in [0.25, 0.3) is 5.56 Å². The Morgan fingerprint density at radius 3 is 2.43 bits per heavy atom. The van der Waals surface area contributed by atoms with E-state index in [1.807, 2.05) is 30.3 Å². The number of aromatic amines is 2. The highest BCUT2D eigenvalue weighted by Gasteiger charge is 2.43. The van der Waals surface area contributed by atoms with Gasteiger partial charge in [0.2, 0.25) is 0 Å². The molecule has 5 rings (SSSR count). The van der Waals surface area contributed by atoms with Crippen molar-refractivity contribution in [2.75, 3.05) is 19.5 Å². The summed E-state index contributed by atoms with van der Waals surface area (Å²) in [6.07, 6.45) is 0. The van der Waals surface area contributed by atoms with E-state index >= 15 is 0 Å². The molecular weight excluding hydrogens is 358 g/mol. The van der Waals surface area contributed by atoms with Crippen LogP contribution in [0.3, 0.4) is 0 Å². The number of aromatic nitrogens is 2. The van der Waals surface area contributed by atoms with Gasteiger partial charge in [0.1, 0.15) is 5.82 Å². The van der Waals surface area contributed by atoms with Crippen molar-refractivity contribution in [3.63, 3.8) is 0 Å². The van der Waals surface area contributed by atoms with E-state index < -0.39 is 5.92 Å². The normalized spacial score (nSPS) is 16.9. The van der Waals surface area contributed by atoms with Gasteiger partial charge in [-0.15, -0.1) is 0 Å². The third kappa shape index (κ3) is 2.04. The first-order valence-corrected chi connectivity index (χ1v) is 8.82. The molecule has 1 aliphatic carbocycles. The summed E-state index contributed by atoms with van der Waals surface area (Å²) in [5.74, 6) is 0.893. The van der Waals surface area contributed by atoms with E-state index in [4.69, 9.17) is 9.47 Å². The first kappa shape index (κ1) is 16.4. The Bertz CT molecular complexity index is 1220. The van der Waals surface area contributed by atoms with Crippen molar-refractivity contribution in [3.05, 3.63) is 80.6 Å². The molecule has 2 heterocycles. The van der Waals surface area contributed by atoms with Gasteiger partial charge < -0.3 is 14.8 Å². The average Bonchev–Trinajstić information content (AvgIpc) is 3.24. The van der Waals surface area contributed by atoms with Crippen LogP contribution in [0.4, 0.5) is 5.82 Å². The lowest BCUT2D eigenvalue weighted by atomic mass is 9.81. The fourth-order valence-electron chi connectivity index (χ4n) is 4.17. The van der Waals surface area contributed by atoms with Crippen LogP contribution in [0.15, 0.2) is 52.8 Å². The molecule has 7 heteroatoms. The van der Waals surface area contributed by atoms with Gasteiger partial charge in [0, 0.05) is 22.3 Å². The molecule has 28 heavy (non-hydrogen) atoms. The highest BCUT2D eigenvalue weighted by atomic mass is 16.5. The summed E-state index contributed by atoms with van der Waals surface area (Å²) in [5.41, 5.74) is 3.54. The first-order valence-electron chi connectivity index (χ1n) is 8.82. The Kier molecular flexibility index (Phi) is 3.45. The number of ether oxygens (including phenoxy) is 2. The second kappa shape index (κ2) is 5.88. The predicted octanol–water partition coefficient (Wildman–Crippen LogP) is 2.89. The average molecular weight is 375 g/mol. The summed E-state index contributed by atoms with van der Waals surface area (Å²) in [5, 5.41) is 8.74. The molecule has 0 fully saturated rings. The number of hydrogen-bond donors (Lipinski definition) is 3. The number of methoxy groups -OCH3 is 2. The van der Waals surface area contributed by atoms with Crippen molar-refractivity contribution >= 4 is 17.3 Å². The van der Waals surface area contributed by atoms with Gasteiger partial charge in [-0.25, -0.2) is 0 Å². The number of carbonyl (C=O) groups excluding carboxylic acids is 1. The van der Waals surface area contributed by atoms with Crippen molar-refractivity contribution in [2.45, 2.75) is 5.92 Å². The van der Waals surface area contributed by atoms with Crippen LogP contribution in [-0.2, 0) is 0 Å². The highest BCUT2D eigenvalue weighted by molar-refractivity contribution is 6.23. The summed E-state index contributed by atoms with van der Waals surface area (Å²) < 4.78 is 11.0. The number of ketones is 1. The van der Waals surface area contributed by atoms with E-state index in [0.29, 0.717) is 45.3 Å². The molecule has 0 radical (unpaired) electrons. The topological polar surface area (TPSA) is 96.2 Å². The second-order valence-electron chi connectivity index (χ2n) is 6.67. The Morgan fingerprint density at radius 1 is 0.893 bits per heavy atom. The molecule has 0 saturated heterocycles. The quantitative estimate of drug-likeness (QED) is 0.654. The minimum atomic E-state index is -0.591. The monoisotopic (exact) mass is 375 g/mol. The maximum Gasteiger partial charge on any atom is 0.270 e. The van der Waals surface area contributed by atoms with E-state index in [9.17, 15) is 9.59 Å². The third-order valence-corrected chi connectivity index (χ3v) is 5.34. The zero-order chi connectivity index (χ0) is 19.4. The molecule has 0 bridgehead atoms. The molecule has 2 aromatic carbocycles. The van der Waals surface area contributed by atoms with Crippen LogP contribution in [0.25, 0.3) is 5.70 Å². The molecule has 0 saturated carbocycles. The van der Waals surface area contributed by atoms with Crippen LogP contribution in [0, 0.1) is 0 Å². The van der Waals surface area contributed by atoms with Crippen LogP contribution in [0.1, 0.15) is 33.0 Å². The number of para-hydroxylation sites is 1. The summed E-state index contributed by atoms with van der Waals surface area (Å²) in [4.78, 5) is 26.0. The number of rotatable bonds is 3. The SMILES string of the molecule is COc1cccc(C2C3=C(Nc4[nH][nH]c(=O)c42)c2ccccc2C3=O)c1OC. The standard InChI is InChI=1S/C21H17N3O4/c1-27-13-9-5-8-12(19(13)28-2)14-15-17(22-20-16(14)21(26)24-23-20)10-6-3-4-7-11(10)18(15)25/h3-9,14H,1-2H3,(H3,22,23,24,26). The number of H-pyrrole nitrogens is 2. The summed E-state index contributed by atoms with van der Waals surface area (Å²) in [6, 6.07) is 12.9. The number of nitrogens with one attached hydrogen (secondary N) is 3. The van der Waals surface area contributed by atoms with Crippen molar-refractivity contribution in [1.29, 1.82) is 0 Å². The first-order chi connectivity index (χ1) is 13.7. The lowest BCUT2D eigenvalue weighted by Gasteiger charge is -2.26.